The Morgan fingerprint density at radius 1 is 1.36 bits per heavy atom. The first-order chi connectivity index (χ1) is 5.24. The Hall–Kier alpha value is -1.16. The van der Waals surface area contributed by atoms with Gasteiger partial charge in [-0.3, -0.25) is 0 Å². The van der Waals surface area contributed by atoms with Gasteiger partial charge in [-0.25, -0.2) is 4.79 Å². The standard InChI is InChI=1S/C7H6O3S/c8-7(9)5-1-3-6(10-11)4-2-5/h1-4,11H,(H,8,9). The fourth-order valence-electron chi connectivity index (χ4n) is 0.658. The number of carbonyl (C=O) groups is 1. The molecule has 0 aliphatic carbocycles. The van der Waals surface area contributed by atoms with Gasteiger partial charge in [0.15, 0.2) is 0 Å². The Kier molecular flexibility index (Phi) is 2.38. The minimum absolute atomic E-state index is 0.235. The second kappa shape index (κ2) is 3.30. The van der Waals surface area contributed by atoms with E-state index in [-0.39, 0.29) is 5.56 Å². The van der Waals surface area contributed by atoms with E-state index in [0.717, 1.165) is 0 Å². The molecule has 0 saturated carbocycles. The van der Waals surface area contributed by atoms with Gasteiger partial charge in [0.05, 0.1) is 5.56 Å². The number of hydrogen-bond donors (Lipinski definition) is 2. The van der Waals surface area contributed by atoms with Crippen LogP contribution < -0.4 is 4.18 Å². The van der Waals surface area contributed by atoms with Gasteiger partial charge in [-0.05, 0) is 24.3 Å². The first-order valence-electron chi connectivity index (χ1n) is 2.89. The van der Waals surface area contributed by atoms with Crippen molar-refractivity contribution >= 4 is 18.9 Å². The van der Waals surface area contributed by atoms with Gasteiger partial charge in [0, 0.05) is 12.9 Å². The van der Waals surface area contributed by atoms with Crippen molar-refractivity contribution < 1.29 is 14.1 Å². The first kappa shape index (κ1) is 7.94. The summed E-state index contributed by atoms with van der Waals surface area (Å²) in [6, 6.07) is 5.98. The third-order valence-electron chi connectivity index (χ3n) is 1.21. The van der Waals surface area contributed by atoms with Gasteiger partial charge in [-0.2, -0.15) is 0 Å². The molecule has 0 amide bonds. The van der Waals surface area contributed by atoms with E-state index in [1.165, 1.54) is 24.3 Å². The molecule has 0 unspecified atom stereocenters. The van der Waals surface area contributed by atoms with Crippen molar-refractivity contribution in [2.75, 3.05) is 0 Å². The molecule has 3 nitrogen and oxygen atoms in total. The summed E-state index contributed by atoms with van der Waals surface area (Å²) >= 11 is 3.55. The van der Waals surface area contributed by atoms with Gasteiger partial charge in [-0.15, -0.1) is 0 Å². The zero-order chi connectivity index (χ0) is 8.27. The van der Waals surface area contributed by atoms with Gasteiger partial charge in [-0.1, -0.05) is 0 Å². The first-order valence-corrected chi connectivity index (χ1v) is 3.25. The molecule has 0 bridgehead atoms. The third kappa shape index (κ3) is 1.88. The average molecular weight is 170 g/mol. The van der Waals surface area contributed by atoms with Gasteiger partial charge in [0.1, 0.15) is 5.75 Å². The highest BCUT2D eigenvalue weighted by Crippen LogP contribution is 2.12. The van der Waals surface area contributed by atoms with E-state index in [1.807, 2.05) is 0 Å². The van der Waals surface area contributed by atoms with Crippen LogP contribution in [-0.4, -0.2) is 11.1 Å². The zero-order valence-electron chi connectivity index (χ0n) is 5.52. The van der Waals surface area contributed by atoms with Crippen molar-refractivity contribution in [2.24, 2.45) is 0 Å². The zero-order valence-corrected chi connectivity index (χ0v) is 6.41. The molecule has 0 heterocycles. The average Bonchev–Trinajstić information content (AvgIpc) is 2.05. The van der Waals surface area contributed by atoms with E-state index >= 15 is 0 Å². The second-order valence-corrected chi connectivity index (χ2v) is 2.10. The summed E-state index contributed by atoms with van der Waals surface area (Å²) in [6.07, 6.45) is 0. The molecule has 1 rings (SSSR count). The maximum Gasteiger partial charge on any atom is 0.335 e. The molecule has 1 aromatic rings. The lowest BCUT2D eigenvalue weighted by Gasteiger charge is -1.96. The maximum atomic E-state index is 10.3. The lowest BCUT2D eigenvalue weighted by molar-refractivity contribution is 0.0697. The molecule has 0 radical (unpaired) electrons. The summed E-state index contributed by atoms with van der Waals surface area (Å²) in [5, 5.41) is 8.49. The molecule has 0 aliphatic rings. The number of benzene rings is 1. The van der Waals surface area contributed by atoms with Crippen LogP contribution in [-0.2, 0) is 0 Å². The van der Waals surface area contributed by atoms with E-state index in [1.54, 1.807) is 0 Å². The summed E-state index contributed by atoms with van der Waals surface area (Å²) in [4.78, 5) is 10.3. The quantitative estimate of drug-likeness (QED) is 0.523. The normalized spacial score (nSPS) is 9.18. The monoisotopic (exact) mass is 170 g/mol. The van der Waals surface area contributed by atoms with Crippen LogP contribution in [0.15, 0.2) is 24.3 Å². The van der Waals surface area contributed by atoms with Gasteiger partial charge in [0.2, 0.25) is 0 Å². The molecule has 58 valence electrons. The minimum Gasteiger partial charge on any atom is -0.478 e. The smallest absolute Gasteiger partial charge is 0.335 e. The minimum atomic E-state index is -0.948. The molecule has 0 atom stereocenters. The summed E-state index contributed by atoms with van der Waals surface area (Å²) in [5.74, 6) is -0.422. The van der Waals surface area contributed by atoms with Crippen LogP contribution in [0.25, 0.3) is 0 Å². The highest BCUT2D eigenvalue weighted by molar-refractivity contribution is 7.75. The molecular formula is C7H6O3S. The Balaban J connectivity index is 2.91. The predicted molar refractivity (Wildman–Crippen MR) is 43.0 cm³/mol. The van der Waals surface area contributed by atoms with Crippen LogP contribution in [0.2, 0.25) is 0 Å². The number of carboxylic acid groups (broad SMARTS) is 1. The van der Waals surface area contributed by atoms with Gasteiger partial charge in [0.25, 0.3) is 0 Å². The predicted octanol–water partition coefficient (Wildman–Crippen LogP) is 1.61. The van der Waals surface area contributed by atoms with E-state index < -0.39 is 5.97 Å². The van der Waals surface area contributed by atoms with Crippen LogP contribution in [0.1, 0.15) is 10.4 Å². The SMILES string of the molecule is O=C(O)c1ccc(OS)cc1. The number of aromatic carboxylic acids is 1. The third-order valence-corrected chi connectivity index (χ3v) is 1.42. The lowest BCUT2D eigenvalue weighted by atomic mass is 10.2. The van der Waals surface area contributed by atoms with Crippen LogP contribution in [0.5, 0.6) is 5.75 Å². The Morgan fingerprint density at radius 2 is 1.91 bits per heavy atom. The topological polar surface area (TPSA) is 46.5 Å². The van der Waals surface area contributed by atoms with Crippen molar-refractivity contribution in [2.45, 2.75) is 0 Å². The number of rotatable bonds is 2. The lowest BCUT2D eigenvalue weighted by Crippen LogP contribution is -1.94. The van der Waals surface area contributed by atoms with Crippen LogP contribution >= 0.6 is 12.9 Å². The van der Waals surface area contributed by atoms with Crippen molar-refractivity contribution in [1.82, 2.24) is 0 Å². The molecule has 0 fully saturated rings. The molecule has 0 spiro atoms. The molecule has 1 N–H and O–H groups in total. The van der Waals surface area contributed by atoms with Crippen molar-refractivity contribution in [3.63, 3.8) is 0 Å². The summed E-state index contributed by atoms with van der Waals surface area (Å²) in [7, 11) is 0. The number of carboxylic acids is 1. The van der Waals surface area contributed by atoms with Crippen LogP contribution in [0.4, 0.5) is 0 Å². The molecule has 1 aromatic carbocycles. The second-order valence-electron chi connectivity index (χ2n) is 1.92. The molecule has 0 saturated heterocycles. The van der Waals surface area contributed by atoms with Gasteiger partial charge >= 0.3 is 5.97 Å². The van der Waals surface area contributed by atoms with Crippen molar-refractivity contribution in [1.29, 1.82) is 0 Å². The summed E-state index contributed by atoms with van der Waals surface area (Å²) < 4.78 is 4.55. The van der Waals surface area contributed by atoms with Crippen molar-refractivity contribution in [3.8, 4) is 5.75 Å². The molecular weight excluding hydrogens is 164 g/mol. The molecule has 0 aliphatic heterocycles. The van der Waals surface area contributed by atoms with E-state index in [0.29, 0.717) is 5.75 Å². The largest absolute Gasteiger partial charge is 0.478 e. The number of thiol groups is 1. The summed E-state index contributed by atoms with van der Waals surface area (Å²) in [5.41, 5.74) is 0.235. The molecule has 4 heteroatoms. The fraction of sp³-hybridized carbons (Fsp3) is 0. The highest BCUT2D eigenvalue weighted by Gasteiger charge is 2.00. The van der Waals surface area contributed by atoms with Gasteiger partial charge < -0.3 is 9.29 Å². The van der Waals surface area contributed by atoms with Crippen LogP contribution in [0.3, 0.4) is 0 Å². The fourth-order valence-corrected chi connectivity index (χ4v) is 0.780. The van der Waals surface area contributed by atoms with Crippen molar-refractivity contribution in [3.05, 3.63) is 29.8 Å². The molecule has 0 aromatic heterocycles. The summed E-state index contributed by atoms with van der Waals surface area (Å²) in [6.45, 7) is 0. The van der Waals surface area contributed by atoms with E-state index in [4.69, 9.17) is 5.11 Å². The van der Waals surface area contributed by atoms with Crippen LogP contribution in [0, 0.1) is 0 Å². The highest BCUT2D eigenvalue weighted by atomic mass is 32.1. The Labute approximate surface area is 69.2 Å². The Bertz CT molecular complexity index is 255. The maximum absolute atomic E-state index is 10.3. The van der Waals surface area contributed by atoms with E-state index in [2.05, 4.69) is 17.1 Å². The molecule has 11 heavy (non-hydrogen) atoms. The Morgan fingerprint density at radius 3 is 2.27 bits per heavy atom. The number of hydrogen-bond acceptors (Lipinski definition) is 3. The van der Waals surface area contributed by atoms with E-state index in [9.17, 15) is 4.79 Å².